The third-order valence-corrected chi connectivity index (χ3v) is 7.09. The molecule has 1 N–H and O–H groups in total. The second-order valence-corrected chi connectivity index (χ2v) is 10.6. The smallest absolute Gasteiger partial charge is 0.322 e. The lowest BCUT2D eigenvalue weighted by Gasteiger charge is -2.33. The molecule has 0 radical (unpaired) electrons. The molecule has 2 amide bonds. The number of nitrogens with one attached hydrogen (secondary N) is 1. The maximum absolute atomic E-state index is 15.0. The monoisotopic (exact) mass is 491 g/mol. The van der Waals surface area contributed by atoms with Gasteiger partial charge in [0.2, 0.25) is 0 Å². The summed E-state index contributed by atoms with van der Waals surface area (Å²) in [5.74, 6) is -0.440. The van der Waals surface area contributed by atoms with E-state index in [9.17, 15) is 4.79 Å². The first kappa shape index (κ1) is 24.3. The third kappa shape index (κ3) is 4.82. The number of hydrogen-bond acceptors (Lipinski definition) is 4. The molecule has 0 aliphatic carbocycles. The van der Waals surface area contributed by atoms with E-state index >= 15 is 4.39 Å². The van der Waals surface area contributed by atoms with Crippen LogP contribution in [0.15, 0.2) is 48.4 Å². The SMILES string of the molecule is Cc1cc(F)c(NC(=O)N2CCC=C(C(C)(C)C)C2)cc1-c1cc(N2CCOCC2)c2nccn2c1. The Morgan fingerprint density at radius 2 is 1.92 bits per heavy atom. The molecule has 36 heavy (non-hydrogen) atoms. The molecule has 2 aliphatic rings. The molecule has 4 heterocycles. The van der Waals surface area contributed by atoms with E-state index in [1.165, 1.54) is 11.6 Å². The number of halogens is 1. The molecule has 190 valence electrons. The van der Waals surface area contributed by atoms with Crippen molar-refractivity contribution in [1.82, 2.24) is 14.3 Å². The fourth-order valence-corrected chi connectivity index (χ4v) is 4.93. The predicted molar refractivity (Wildman–Crippen MR) is 141 cm³/mol. The van der Waals surface area contributed by atoms with Gasteiger partial charge in [0.25, 0.3) is 0 Å². The highest BCUT2D eigenvalue weighted by Gasteiger charge is 2.26. The van der Waals surface area contributed by atoms with Crippen molar-refractivity contribution in [3.8, 4) is 11.1 Å². The molecule has 2 aliphatic heterocycles. The molecular formula is C28H34FN5O2. The number of pyridine rings is 1. The van der Waals surface area contributed by atoms with Gasteiger partial charge in [-0.1, -0.05) is 26.8 Å². The zero-order valence-corrected chi connectivity index (χ0v) is 21.5. The van der Waals surface area contributed by atoms with E-state index in [1.54, 1.807) is 17.2 Å². The largest absolute Gasteiger partial charge is 0.378 e. The molecule has 0 bridgehead atoms. The number of nitrogens with zero attached hydrogens (tertiary/aromatic N) is 4. The molecule has 8 heteroatoms. The van der Waals surface area contributed by atoms with Crippen molar-refractivity contribution >= 4 is 23.1 Å². The number of urea groups is 1. The van der Waals surface area contributed by atoms with Gasteiger partial charge in [0.05, 0.1) is 24.6 Å². The van der Waals surface area contributed by atoms with Gasteiger partial charge < -0.3 is 24.3 Å². The van der Waals surface area contributed by atoms with Gasteiger partial charge in [-0.15, -0.1) is 0 Å². The Hall–Kier alpha value is -3.39. The minimum atomic E-state index is -0.440. The van der Waals surface area contributed by atoms with Gasteiger partial charge >= 0.3 is 6.03 Å². The summed E-state index contributed by atoms with van der Waals surface area (Å²) in [6.07, 6.45) is 8.72. The number of amides is 2. The number of ether oxygens (including phenoxy) is 1. The van der Waals surface area contributed by atoms with Crippen LogP contribution in [0.4, 0.5) is 20.6 Å². The summed E-state index contributed by atoms with van der Waals surface area (Å²) in [5.41, 5.74) is 5.90. The fourth-order valence-electron chi connectivity index (χ4n) is 4.93. The first-order valence-corrected chi connectivity index (χ1v) is 12.6. The lowest BCUT2D eigenvalue weighted by atomic mass is 9.84. The molecule has 7 nitrogen and oxygen atoms in total. The molecule has 2 aromatic heterocycles. The van der Waals surface area contributed by atoms with Gasteiger partial charge in [-0.3, -0.25) is 0 Å². The number of carbonyl (C=O) groups excluding carboxylic acids is 1. The average Bonchev–Trinajstić information content (AvgIpc) is 3.34. The molecule has 1 saturated heterocycles. The van der Waals surface area contributed by atoms with E-state index in [-0.39, 0.29) is 17.1 Å². The number of morpholine rings is 1. The Morgan fingerprint density at radius 1 is 1.14 bits per heavy atom. The van der Waals surface area contributed by atoms with Crippen molar-refractivity contribution < 1.29 is 13.9 Å². The second-order valence-electron chi connectivity index (χ2n) is 10.6. The van der Waals surface area contributed by atoms with Gasteiger partial charge in [0, 0.05) is 50.3 Å². The first-order valence-electron chi connectivity index (χ1n) is 12.6. The molecule has 1 aromatic carbocycles. The van der Waals surface area contributed by atoms with Gasteiger partial charge in [-0.05, 0) is 53.7 Å². The van der Waals surface area contributed by atoms with E-state index in [0.29, 0.717) is 26.3 Å². The van der Waals surface area contributed by atoms with E-state index in [2.05, 4.69) is 48.1 Å². The van der Waals surface area contributed by atoms with E-state index in [0.717, 1.165) is 47.5 Å². The number of carbonyl (C=O) groups is 1. The third-order valence-electron chi connectivity index (χ3n) is 7.09. The normalized spacial score (nSPS) is 16.9. The lowest BCUT2D eigenvalue weighted by Crippen LogP contribution is -2.41. The van der Waals surface area contributed by atoms with Crippen LogP contribution in [0.5, 0.6) is 0 Å². The summed E-state index contributed by atoms with van der Waals surface area (Å²) in [5, 5.41) is 2.84. The number of benzene rings is 1. The van der Waals surface area contributed by atoms with Crippen molar-refractivity contribution in [3.63, 3.8) is 0 Å². The van der Waals surface area contributed by atoms with E-state index < -0.39 is 5.82 Å². The van der Waals surface area contributed by atoms with Crippen molar-refractivity contribution in [2.45, 2.75) is 34.1 Å². The molecule has 0 unspecified atom stereocenters. The summed E-state index contributed by atoms with van der Waals surface area (Å²) in [4.78, 5) is 21.7. The summed E-state index contributed by atoms with van der Waals surface area (Å²) in [6, 6.07) is 5.06. The lowest BCUT2D eigenvalue weighted by molar-refractivity contribution is 0.123. The Morgan fingerprint density at radius 3 is 2.67 bits per heavy atom. The van der Waals surface area contributed by atoms with Crippen LogP contribution in [0.25, 0.3) is 16.8 Å². The molecule has 0 saturated carbocycles. The molecule has 1 fully saturated rings. The Bertz CT molecular complexity index is 1320. The van der Waals surface area contributed by atoms with Crippen LogP contribution < -0.4 is 10.2 Å². The summed E-state index contributed by atoms with van der Waals surface area (Å²) < 4.78 is 22.6. The summed E-state index contributed by atoms with van der Waals surface area (Å²) in [7, 11) is 0. The zero-order chi connectivity index (χ0) is 25.4. The standard InChI is InChI=1S/C28H34FN5O2/c1-19-14-23(29)24(31-27(35)34-8-5-6-21(18-34)28(2,3)4)16-22(19)20-15-25(32-10-12-36-13-11-32)26-30-7-9-33(26)17-20/h6-7,9,14-17H,5,8,10-13,18H2,1-4H3,(H,31,35). The molecule has 3 aromatic rings. The van der Waals surface area contributed by atoms with Gasteiger partial charge in [0.15, 0.2) is 5.65 Å². The molecule has 0 spiro atoms. The second kappa shape index (κ2) is 9.58. The van der Waals surface area contributed by atoms with Crippen molar-refractivity contribution in [3.05, 3.63) is 59.8 Å². The number of anilines is 2. The van der Waals surface area contributed by atoms with Crippen LogP contribution in [-0.4, -0.2) is 59.7 Å². The number of aromatic nitrogens is 2. The molecule has 0 atom stereocenters. The molecular weight excluding hydrogens is 457 g/mol. The maximum Gasteiger partial charge on any atom is 0.322 e. The van der Waals surface area contributed by atoms with E-state index in [1.807, 2.05) is 23.7 Å². The zero-order valence-electron chi connectivity index (χ0n) is 21.5. The Labute approximate surface area is 211 Å². The van der Waals surface area contributed by atoms with E-state index in [4.69, 9.17) is 4.74 Å². The number of aryl methyl sites for hydroxylation is 1. The topological polar surface area (TPSA) is 62.1 Å². The molecule has 5 rings (SSSR count). The number of fused-ring (bicyclic) bond motifs is 1. The van der Waals surface area contributed by atoms with Gasteiger partial charge in [-0.25, -0.2) is 14.2 Å². The number of hydrogen-bond donors (Lipinski definition) is 1. The maximum atomic E-state index is 15.0. The minimum Gasteiger partial charge on any atom is -0.378 e. The highest BCUT2D eigenvalue weighted by atomic mass is 19.1. The Balaban J connectivity index is 1.46. The average molecular weight is 492 g/mol. The Kier molecular flexibility index (Phi) is 6.47. The fraction of sp³-hybridized carbons (Fsp3) is 0.429. The van der Waals surface area contributed by atoms with Crippen molar-refractivity contribution in [2.75, 3.05) is 49.6 Å². The summed E-state index contributed by atoms with van der Waals surface area (Å²) in [6.45, 7) is 12.4. The number of rotatable bonds is 3. The first-order chi connectivity index (χ1) is 17.2. The van der Waals surface area contributed by atoms with Crippen LogP contribution in [0.1, 0.15) is 32.8 Å². The van der Waals surface area contributed by atoms with Gasteiger partial charge in [0.1, 0.15) is 5.82 Å². The van der Waals surface area contributed by atoms with Crippen LogP contribution >= 0.6 is 0 Å². The van der Waals surface area contributed by atoms with Crippen LogP contribution in [0.2, 0.25) is 0 Å². The summed E-state index contributed by atoms with van der Waals surface area (Å²) >= 11 is 0. The highest BCUT2D eigenvalue weighted by molar-refractivity contribution is 5.91. The number of imidazole rings is 1. The van der Waals surface area contributed by atoms with Crippen LogP contribution in [0.3, 0.4) is 0 Å². The van der Waals surface area contributed by atoms with Crippen LogP contribution in [-0.2, 0) is 4.74 Å². The predicted octanol–water partition coefficient (Wildman–Crippen LogP) is 5.50. The van der Waals surface area contributed by atoms with Crippen molar-refractivity contribution in [1.29, 1.82) is 0 Å². The highest BCUT2D eigenvalue weighted by Crippen LogP contribution is 2.34. The van der Waals surface area contributed by atoms with Crippen LogP contribution in [0, 0.1) is 18.2 Å². The van der Waals surface area contributed by atoms with Gasteiger partial charge in [-0.2, -0.15) is 0 Å². The van der Waals surface area contributed by atoms with Crippen molar-refractivity contribution in [2.24, 2.45) is 5.41 Å². The minimum absolute atomic E-state index is 0.00855. The quantitative estimate of drug-likeness (QED) is 0.492.